The Hall–Kier alpha value is -4.64. The summed E-state index contributed by atoms with van der Waals surface area (Å²) < 4.78 is 7.13. The third-order valence-electron chi connectivity index (χ3n) is 7.65. The number of aryl methyl sites for hydroxylation is 1. The van der Waals surface area contributed by atoms with Gasteiger partial charge in [-0.3, -0.25) is 9.59 Å². The minimum atomic E-state index is -0.190. The number of fused-ring (bicyclic) bond motifs is 1. The predicted octanol–water partition coefficient (Wildman–Crippen LogP) is 8.46. The largest absolute Gasteiger partial charge is 0.466 e. The molecule has 0 aliphatic rings. The monoisotopic (exact) mass is 572 g/mol. The van der Waals surface area contributed by atoms with Crippen LogP contribution in [0.5, 0.6) is 0 Å². The molecule has 220 valence electrons. The van der Waals surface area contributed by atoms with Gasteiger partial charge in [0.15, 0.2) is 5.78 Å². The number of carbonyl (C=O) groups excluding carboxylic acids is 2. The van der Waals surface area contributed by atoms with E-state index in [1.54, 1.807) is 0 Å². The molecule has 0 amide bonds. The molecule has 0 aliphatic carbocycles. The molecular weight excluding hydrogens is 532 g/mol. The molecule has 2 aromatic heterocycles. The van der Waals surface area contributed by atoms with Crippen LogP contribution in [0.25, 0.3) is 5.52 Å². The molecule has 3 aromatic carbocycles. The predicted molar refractivity (Wildman–Crippen MR) is 174 cm³/mol. The highest BCUT2D eigenvalue weighted by Gasteiger charge is 2.19. The van der Waals surface area contributed by atoms with Crippen molar-refractivity contribution in [2.75, 3.05) is 11.9 Å². The average molecular weight is 573 g/mol. The number of esters is 1. The van der Waals surface area contributed by atoms with Crippen molar-refractivity contribution >= 4 is 23.0 Å². The number of aromatic nitrogens is 1. The molecule has 2 heterocycles. The zero-order valence-electron chi connectivity index (χ0n) is 25.3. The SMILES string of the molecule is CCOC(=O)CCCc1cc(C(=O)c2cccc(NC(c3ccccc3)c3ccc(CC(C)C)cc3)c2)c2ccccn12. The van der Waals surface area contributed by atoms with E-state index in [-0.39, 0.29) is 17.8 Å². The molecule has 0 saturated carbocycles. The summed E-state index contributed by atoms with van der Waals surface area (Å²) >= 11 is 0. The van der Waals surface area contributed by atoms with Crippen LogP contribution in [0, 0.1) is 5.92 Å². The second-order valence-electron chi connectivity index (χ2n) is 11.4. The first-order valence-electron chi connectivity index (χ1n) is 15.2. The van der Waals surface area contributed by atoms with Gasteiger partial charge in [0.25, 0.3) is 0 Å². The van der Waals surface area contributed by atoms with Crippen LogP contribution in [0.4, 0.5) is 5.69 Å². The van der Waals surface area contributed by atoms with Crippen molar-refractivity contribution in [2.24, 2.45) is 5.92 Å². The maximum atomic E-state index is 13.9. The number of pyridine rings is 1. The summed E-state index contributed by atoms with van der Waals surface area (Å²) in [5, 5.41) is 3.71. The number of hydrogen-bond donors (Lipinski definition) is 1. The van der Waals surface area contributed by atoms with Crippen molar-refractivity contribution in [2.45, 2.75) is 52.5 Å². The fraction of sp³-hybridized carbons (Fsp3) is 0.263. The van der Waals surface area contributed by atoms with Crippen LogP contribution in [-0.2, 0) is 22.4 Å². The van der Waals surface area contributed by atoms with Gasteiger partial charge in [0.2, 0.25) is 0 Å². The van der Waals surface area contributed by atoms with E-state index in [0.717, 1.165) is 28.9 Å². The number of ketones is 1. The standard InChI is InChI=1S/C38H40N2O3/c1-4-43-36(41)18-11-16-33-26-34(35-17-8-9-23-40(33)35)38(42)31-14-10-15-32(25-31)39-37(29-12-6-5-7-13-29)30-21-19-28(20-22-30)24-27(2)3/h5-10,12-15,17,19-23,25-27,37,39H,4,11,16,18,24H2,1-3H3. The summed E-state index contributed by atoms with van der Waals surface area (Å²) in [6.07, 6.45) is 4.71. The molecule has 0 aliphatic heterocycles. The van der Waals surface area contributed by atoms with E-state index in [0.29, 0.717) is 42.9 Å². The minimum Gasteiger partial charge on any atom is -0.466 e. The topological polar surface area (TPSA) is 59.8 Å². The second kappa shape index (κ2) is 14.0. The number of anilines is 1. The second-order valence-corrected chi connectivity index (χ2v) is 11.4. The van der Waals surface area contributed by atoms with Gasteiger partial charge in [0, 0.05) is 35.1 Å². The molecule has 5 rings (SSSR count). The Morgan fingerprint density at radius 1 is 0.837 bits per heavy atom. The summed E-state index contributed by atoms with van der Waals surface area (Å²) in [6, 6.07) is 34.8. The molecule has 5 heteroatoms. The molecular formula is C38H40N2O3. The molecule has 1 unspecified atom stereocenters. The maximum absolute atomic E-state index is 13.9. The molecule has 0 radical (unpaired) electrons. The van der Waals surface area contributed by atoms with Gasteiger partial charge in [-0.15, -0.1) is 0 Å². The molecule has 0 saturated heterocycles. The van der Waals surface area contributed by atoms with Gasteiger partial charge in [0.1, 0.15) is 0 Å². The van der Waals surface area contributed by atoms with Crippen molar-refractivity contribution in [3.05, 3.63) is 143 Å². The fourth-order valence-corrected chi connectivity index (χ4v) is 5.64. The van der Waals surface area contributed by atoms with Crippen LogP contribution in [0.2, 0.25) is 0 Å². The van der Waals surface area contributed by atoms with E-state index >= 15 is 0 Å². The highest BCUT2D eigenvalue weighted by atomic mass is 16.5. The Morgan fingerprint density at radius 2 is 1.58 bits per heavy atom. The lowest BCUT2D eigenvalue weighted by Gasteiger charge is -2.22. The summed E-state index contributed by atoms with van der Waals surface area (Å²) in [5.74, 6) is 0.385. The first kappa shape index (κ1) is 29.8. The zero-order chi connectivity index (χ0) is 30.2. The van der Waals surface area contributed by atoms with Crippen LogP contribution in [-0.4, -0.2) is 22.8 Å². The summed E-state index contributed by atoms with van der Waals surface area (Å²) in [7, 11) is 0. The Bertz CT molecular complexity index is 1670. The van der Waals surface area contributed by atoms with Gasteiger partial charge >= 0.3 is 5.97 Å². The van der Waals surface area contributed by atoms with Crippen molar-refractivity contribution in [1.29, 1.82) is 0 Å². The smallest absolute Gasteiger partial charge is 0.305 e. The van der Waals surface area contributed by atoms with E-state index in [4.69, 9.17) is 4.74 Å². The number of benzene rings is 3. The third-order valence-corrected chi connectivity index (χ3v) is 7.65. The molecule has 5 nitrogen and oxygen atoms in total. The van der Waals surface area contributed by atoms with Crippen molar-refractivity contribution in [3.8, 4) is 0 Å². The first-order chi connectivity index (χ1) is 20.9. The number of nitrogens with one attached hydrogen (secondary N) is 1. The number of ether oxygens (including phenoxy) is 1. The lowest BCUT2D eigenvalue weighted by Crippen LogP contribution is -2.13. The van der Waals surface area contributed by atoms with Crippen LogP contribution < -0.4 is 5.32 Å². The Kier molecular flexibility index (Phi) is 9.73. The van der Waals surface area contributed by atoms with E-state index in [2.05, 4.69) is 72.1 Å². The molecule has 0 fully saturated rings. The number of hydrogen-bond acceptors (Lipinski definition) is 4. The average Bonchev–Trinajstić information content (AvgIpc) is 3.39. The molecule has 1 N–H and O–H groups in total. The van der Waals surface area contributed by atoms with Crippen LogP contribution >= 0.6 is 0 Å². The van der Waals surface area contributed by atoms with Crippen LogP contribution in [0.15, 0.2) is 109 Å². The highest BCUT2D eigenvalue weighted by molar-refractivity contribution is 6.13. The van der Waals surface area contributed by atoms with E-state index < -0.39 is 0 Å². The summed E-state index contributed by atoms with van der Waals surface area (Å²) in [5.41, 5.74) is 7.68. The van der Waals surface area contributed by atoms with E-state index in [1.807, 2.05) is 67.7 Å². The van der Waals surface area contributed by atoms with Gasteiger partial charge in [-0.2, -0.15) is 0 Å². The quantitative estimate of drug-likeness (QED) is 0.114. The van der Waals surface area contributed by atoms with Gasteiger partial charge in [-0.1, -0.05) is 86.6 Å². The minimum absolute atomic E-state index is 0.0294. The highest BCUT2D eigenvalue weighted by Crippen LogP contribution is 2.29. The zero-order valence-corrected chi connectivity index (χ0v) is 25.3. The van der Waals surface area contributed by atoms with E-state index in [1.165, 1.54) is 11.1 Å². The molecule has 0 spiro atoms. The molecule has 1 atom stereocenters. The van der Waals surface area contributed by atoms with Gasteiger partial charge in [-0.05, 0) is 79.1 Å². The van der Waals surface area contributed by atoms with Crippen LogP contribution in [0.3, 0.4) is 0 Å². The molecule has 43 heavy (non-hydrogen) atoms. The molecule has 0 bridgehead atoms. The summed E-state index contributed by atoms with van der Waals surface area (Å²) in [6.45, 7) is 6.67. The van der Waals surface area contributed by atoms with Crippen molar-refractivity contribution < 1.29 is 14.3 Å². The third kappa shape index (κ3) is 7.42. The number of rotatable bonds is 13. The number of carbonyl (C=O) groups is 2. The Labute approximate surface area is 254 Å². The van der Waals surface area contributed by atoms with Crippen molar-refractivity contribution in [1.82, 2.24) is 4.40 Å². The summed E-state index contributed by atoms with van der Waals surface area (Å²) in [4.78, 5) is 25.8. The lowest BCUT2D eigenvalue weighted by atomic mass is 9.95. The lowest BCUT2D eigenvalue weighted by molar-refractivity contribution is -0.143. The number of nitrogens with zero attached hydrogens (tertiary/aromatic N) is 1. The van der Waals surface area contributed by atoms with Crippen molar-refractivity contribution in [3.63, 3.8) is 0 Å². The Morgan fingerprint density at radius 3 is 2.33 bits per heavy atom. The Balaban J connectivity index is 1.40. The maximum Gasteiger partial charge on any atom is 0.305 e. The molecule has 5 aromatic rings. The van der Waals surface area contributed by atoms with Gasteiger partial charge < -0.3 is 14.5 Å². The normalized spacial score (nSPS) is 11.9. The van der Waals surface area contributed by atoms with Crippen LogP contribution in [0.1, 0.15) is 78.0 Å². The first-order valence-corrected chi connectivity index (χ1v) is 15.2. The van der Waals surface area contributed by atoms with Gasteiger partial charge in [-0.25, -0.2) is 0 Å². The van der Waals surface area contributed by atoms with Gasteiger partial charge in [0.05, 0.1) is 18.2 Å². The van der Waals surface area contributed by atoms with E-state index in [9.17, 15) is 9.59 Å². The fourth-order valence-electron chi connectivity index (χ4n) is 5.64.